The van der Waals surface area contributed by atoms with E-state index in [0.29, 0.717) is 19.3 Å². The Kier molecular flexibility index (Phi) is 4.02. The number of nitrogens with zero attached hydrogens (tertiary/aromatic N) is 2. The van der Waals surface area contributed by atoms with Crippen molar-refractivity contribution >= 4 is 21.7 Å². The Morgan fingerprint density at radius 2 is 2.35 bits per heavy atom. The lowest BCUT2D eigenvalue weighted by atomic mass is 9.79. The van der Waals surface area contributed by atoms with Gasteiger partial charge in [-0.3, -0.25) is 0 Å². The van der Waals surface area contributed by atoms with Gasteiger partial charge in [0.1, 0.15) is 5.82 Å². The van der Waals surface area contributed by atoms with Crippen LogP contribution in [0.15, 0.2) is 22.8 Å². The third-order valence-corrected chi connectivity index (χ3v) is 5.09. The molecule has 0 bridgehead atoms. The molecule has 2 saturated heterocycles. The van der Waals surface area contributed by atoms with Crippen molar-refractivity contribution < 1.29 is 9.84 Å². The van der Waals surface area contributed by atoms with Gasteiger partial charge in [-0.2, -0.15) is 0 Å². The van der Waals surface area contributed by atoms with E-state index >= 15 is 0 Å². The van der Waals surface area contributed by atoms with Gasteiger partial charge >= 0.3 is 0 Å². The van der Waals surface area contributed by atoms with Crippen LogP contribution in [0.2, 0.25) is 0 Å². The highest BCUT2D eigenvalue weighted by atomic mass is 79.9. The number of aromatic nitrogens is 1. The minimum atomic E-state index is -0.638. The summed E-state index contributed by atoms with van der Waals surface area (Å²) in [5.41, 5.74) is -0.638. The Hall–Kier alpha value is -0.650. The van der Waals surface area contributed by atoms with E-state index in [1.165, 1.54) is 0 Å². The summed E-state index contributed by atoms with van der Waals surface area (Å²) in [6, 6.07) is 4.38. The molecule has 1 aromatic heterocycles. The Labute approximate surface area is 128 Å². The number of hydrogen-bond acceptors (Lipinski definition) is 4. The van der Waals surface area contributed by atoms with Crippen LogP contribution in [0.1, 0.15) is 26.2 Å². The first kappa shape index (κ1) is 14.3. The second-order valence-corrected chi connectivity index (χ2v) is 6.94. The van der Waals surface area contributed by atoms with E-state index in [1.807, 2.05) is 25.3 Å². The van der Waals surface area contributed by atoms with Gasteiger partial charge in [0.2, 0.25) is 0 Å². The minimum absolute atomic E-state index is 0.157. The van der Waals surface area contributed by atoms with E-state index in [1.54, 1.807) is 0 Å². The van der Waals surface area contributed by atoms with E-state index < -0.39 is 5.60 Å². The lowest BCUT2D eigenvalue weighted by Crippen LogP contribution is -2.52. The van der Waals surface area contributed by atoms with Crippen LogP contribution in [0.25, 0.3) is 0 Å². The van der Waals surface area contributed by atoms with Gasteiger partial charge in [-0.25, -0.2) is 4.98 Å². The summed E-state index contributed by atoms with van der Waals surface area (Å²) >= 11 is 3.42. The fourth-order valence-electron chi connectivity index (χ4n) is 3.41. The first-order chi connectivity index (χ1) is 9.58. The van der Waals surface area contributed by atoms with E-state index in [0.717, 1.165) is 36.1 Å². The van der Waals surface area contributed by atoms with Crippen molar-refractivity contribution in [3.63, 3.8) is 0 Å². The second kappa shape index (κ2) is 5.62. The highest BCUT2D eigenvalue weighted by molar-refractivity contribution is 9.10. The highest BCUT2D eigenvalue weighted by Crippen LogP contribution is 2.37. The van der Waals surface area contributed by atoms with Crippen LogP contribution in [0.3, 0.4) is 0 Å². The van der Waals surface area contributed by atoms with Crippen LogP contribution in [0.4, 0.5) is 5.82 Å². The topological polar surface area (TPSA) is 45.6 Å². The molecule has 3 rings (SSSR count). The molecule has 110 valence electrons. The zero-order valence-corrected chi connectivity index (χ0v) is 13.3. The highest BCUT2D eigenvalue weighted by Gasteiger charge is 2.44. The largest absolute Gasteiger partial charge is 0.390 e. The molecule has 1 N–H and O–H groups in total. The van der Waals surface area contributed by atoms with Gasteiger partial charge in [0.05, 0.1) is 12.2 Å². The monoisotopic (exact) mass is 340 g/mol. The molecule has 1 aromatic rings. The molecule has 3 atom stereocenters. The van der Waals surface area contributed by atoms with Gasteiger partial charge in [0, 0.05) is 35.8 Å². The van der Waals surface area contributed by atoms with Gasteiger partial charge in [0.25, 0.3) is 0 Å². The summed E-state index contributed by atoms with van der Waals surface area (Å²) in [5.74, 6) is 1.15. The Bertz CT molecular complexity index is 463. The van der Waals surface area contributed by atoms with E-state index in [4.69, 9.17) is 4.74 Å². The SMILES string of the molecule is C[C@]1(O)CCOC[C@@H]1[C@@H]1CCCN1c1ccc(Br)cn1. The molecule has 0 radical (unpaired) electrons. The fraction of sp³-hybridized carbons (Fsp3) is 0.667. The molecule has 2 aliphatic rings. The van der Waals surface area contributed by atoms with E-state index in [2.05, 4.69) is 25.8 Å². The van der Waals surface area contributed by atoms with Crippen LogP contribution in [-0.2, 0) is 4.74 Å². The van der Waals surface area contributed by atoms with Gasteiger partial charge in [-0.1, -0.05) is 0 Å². The number of hydrogen-bond donors (Lipinski definition) is 1. The average Bonchev–Trinajstić information content (AvgIpc) is 2.88. The van der Waals surface area contributed by atoms with Crippen molar-refractivity contribution in [3.05, 3.63) is 22.8 Å². The van der Waals surface area contributed by atoms with Crippen molar-refractivity contribution in [1.82, 2.24) is 4.98 Å². The average molecular weight is 341 g/mol. The molecule has 20 heavy (non-hydrogen) atoms. The number of halogens is 1. The van der Waals surface area contributed by atoms with Crippen LogP contribution in [0, 0.1) is 5.92 Å². The zero-order valence-electron chi connectivity index (χ0n) is 11.8. The smallest absolute Gasteiger partial charge is 0.128 e. The Morgan fingerprint density at radius 1 is 1.50 bits per heavy atom. The van der Waals surface area contributed by atoms with Crippen LogP contribution >= 0.6 is 15.9 Å². The Balaban J connectivity index is 1.83. The quantitative estimate of drug-likeness (QED) is 0.898. The van der Waals surface area contributed by atoms with Gasteiger partial charge in [-0.15, -0.1) is 0 Å². The molecule has 0 aliphatic carbocycles. The first-order valence-corrected chi connectivity index (χ1v) is 8.05. The van der Waals surface area contributed by atoms with Crippen molar-refractivity contribution in [2.45, 2.75) is 37.8 Å². The molecule has 0 amide bonds. The molecule has 0 unspecified atom stereocenters. The predicted octanol–water partition coefficient (Wildman–Crippen LogP) is 2.60. The number of anilines is 1. The standard InChI is InChI=1S/C15H21BrN2O2/c1-15(19)6-8-20-10-12(15)13-3-2-7-18(13)14-5-4-11(16)9-17-14/h4-5,9,12-13,19H,2-3,6-8,10H2,1H3/t12-,13+,15+/m1/s1. The van der Waals surface area contributed by atoms with Crippen LogP contribution in [-0.4, -0.2) is 41.5 Å². The number of aliphatic hydroxyl groups is 1. The molecule has 0 spiro atoms. The van der Waals surface area contributed by atoms with Crippen molar-refractivity contribution in [2.24, 2.45) is 5.92 Å². The maximum Gasteiger partial charge on any atom is 0.128 e. The molecular weight excluding hydrogens is 320 g/mol. The molecule has 5 heteroatoms. The summed E-state index contributed by atoms with van der Waals surface area (Å²) in [4.78, 5) is 6.84. The molecule has 3 heterocycles. The lowest BCUT2D eigenvalue weighted by molar-refractivity contribution is -0.108. The molecule has 2 fully saturated rings. The van der Waals surface area contributed by atoms with Gasteiger partial charge in [0.15, 0.2) is 0 Å². The van der Waals surface area contributed by atoms with Gasteiger partial charge < -0.3 is 14.7 Å². The summed E-state index contributed by atoms with van der Waals surface area (Å²) < 4.78 is 6.61. The number of rotatable bonds is 2. The number of ether oxygens (including phenoxy) is 1. The van der Waals surface area contributed by atoms with Crippen molar-refractivity contribution in [2.75, 3.05) is 24.7 Å². The first-order valence-electron chi connectivity index (χ1n) is 7.26. The van der Waals surface area contributed by atoms with E-state index in [-0.39, 0.29) is 5.92 Å². The fourth-order valence-corrected chi connectivity index (χ4v) is 3.65. The third-order valence-electron chi connectivity index (χ3n) is 4.62. The molecular formula is C15H21BrN2O2. The summed E-state index contributed by atoms with van der Waals surface area (Å²) in [5, 5.41) is 10.7. The lowest BCUT2D eigenvalue weighted by Gasteiger charge is -2.43. The molecule has 4 nitrogen and oxygen atoms in total. The number of pyridine rings is 1. The molecule has 0 aromatic carbocycles. The summed E-state index contributed by atoms with van der Waals surface area (Å²) in [7, 11) is 0. The third kappa shape index (κ3) is 2.71. The summed E-state index contributed by atoms with van der Waals surface area (Å²) in [6.45, 7) is 4.26. The van der Waals surface area contributed by atoms with Crippen molar-refractivity contribution in [1.29, 1.82) is 0 Å². The minimum Gasteiger partial charge on any atom is -0.390 e. The van der Waals surface area contributed by atoms with Crippen LogP contribution in [0.5, 0.6) is 0 Å². The predicted molar refractivity (Wildman–Crippen MR) is 81.9 cm³/mol. The zero-order chi connectivity index (χ0) is 14.2. The molecule has 0 saturated carbocycles. The summed E-state index contributed by atoms with van der Waals surface area (Å²) in [6.07, 6.45) is 4.80. The molecule has 2 aliphatic heterocycles. The van der Waals surface area contributed by atoms with Crippen molar-refractivity contribution in [3.8, 4) is 0 Å². The van der Waals surface area contributed by atoms with E-state index in [9.17, 15) is 5.11 Å². The van der Waals surface area contributed by atoms with Gasteiger partial charge in [-0.05, 0) is 54.2 Å². The Morgan fingerprint density at radius 3 is 3.05 bits per heavy atom. The second-order valence-electron chi connectivity index (χ2n) is 6.03. The maximum atomic E-state index is 10.7. The normalized spacial score (nSPS) is 34.5. The van der Waals surface area contributed by atoms with Crippen LogP contribution < -0.4 is 4.90 Å². The maximum absolute atomic E-state index is 10.7.